The minimum atomic E-state index is -0.464. The zero-order valence-electron chi connectivity index (χ0n) is 18.3. The minimum absolute atomic E-state index is 0.0330. The Balaban J connectivity index is 1.34. The van der Waals surface area contributed by atoms with E-state index in [4.69, 9.17) is 9.72 Å². The Kier molecular flexibility index (Phi) is 5.62. The lowest BCUT2D eigenvalue weighted by atomic mass is 9.88. The van der Waals surface area contributed by atoms with E-state index in [-0.39, 0.29) is 18.6 Å². The number of amides is 1. The number of benzene rings is 2. The van der Waals surface area contributed by atoms with Crippen LogP contribution in [0.25, 0.3) is 10.9 Å². The third kappa shape index (κ3) is 3.98. The van der Waals surface area contributed by atoms with Gasteiger partial charge in [0.1, 0.15) is 0 Å². The van der Waals surface area contributed by atoms with Gasteiger partial charge in [0.25, 0.3) is 5.91 Å². The van der Waals surface area contributed by atoms with Crippen LogP contribution in [0.2, 0.25) is 0 Å². The molecule has 1 aromatic heterocycles. The van der Waals surface area contributed by atoms with Gasteiger partial charge in [-0.2, -0.15) is 0 Å². The number of esters is 1. The first-order valence-corrected chi connectivity index (χ1v) is 11.2. The second kappa shape index (κ2) is 8.71. The summed E-state index contributed by atoms with van der Waals surface area (Å²) in [5.41, 5.74) is 5.61. The van der Waals surface area contributed by atoms with Gasteiger partial charge in [-0.05, 0) is 43.5 Å². The second-order valence-corrected chi connectivity index (χ2v) is 8.70. The predicted molar refractivity (Wildman–Crippen MR) is 122 cm³/mol. The molecule has 2 aromatic carbocycles. The Morgan fingerprint density at radius 2 is 1.94 bits per heavy atom. The number of nitrogens with one attached hydrogen (secondary N) is 1. The molecule has 3 aromatic rings. The zero-order valence-corrected chi connectivity index (χ0v) is 18.3. The Morgan fingerprint density at radius 1 is 1.12 bits per heavy atom. The Morgan fingerprint density at radius 3 is 2.84 bits per heavy atom. The molecule has 2 heterocycles. The molecule has 0 saturated carbocycles. The topological polar surface area (TPSA) is 71.5 Å². The largest absolute Gasteiger partial charge is 0.452 e. The fourth-order valence-corrected chi connectivity index (χ4v) is 4.90. The van der Waals surface area contributed by atoms with Crippen molar-refractivity contribution in [1.82, 2.24) is 15.2 Å². The number of carbonyl (C=O) groups excluding carboxylic acids is 2. The first kappa shape index (κ1) is 20.6. The third-order valence-electron chi connectivity index (χ3n) is 6.48. The van der Waals surface area contributed by atoms with Crippen LogP contribution < -0.4 is 5.32 Å². The average Bonchev–Trinajstić information content (AvgIpc) is 2.81. The highest BCUT2D eigenvalue weighted by Crippen LogP contribution is 2.30. The van der Waals surface area contributed by atoms with Gasteiger partial charge in [-0.1, -0.05) is 42.5 Å². The van der Waals surface area contributed by atoms with Gasteiger partial charge in [-0.25, -0.2) is 4.79 Å². The van der Waals surface area contributed by atoms with Crippen LogP contribution in [-0.2, 0) is 28.9 Å². The number of para-hydroxylation sites is 1. The molecule has 0 bridgehead atoms. The summed E-state index contributed by atoms with van der Waals surface area (Å²) in [7, 11) is 2.03. The number of ether oxygens (including phenoxy) is 1. The summed E-state index contributed by atoms with van der Waals surface area (Å²) in [6.07, 6.45) is 3.75. The lowest BCUT2D eigenvalue weighted by Crippen LogP contribution is -2.34. The number of rotatable bonds is 4. The number of hydrogen-bond acceptors (Lipinski definition) is 5. The van der Waals surface area contributed by atoms with Crippen molar-refractivity contribution in [2.45, 2.75) is 38.3 Å². The van der Waals surface area contributed by atoms with Crippen molar-refractivity contribution < 1.29 is 14.3 Å². The van der Waals surface area contributed by atoms with Gasteiger partial charge in [-0.15, -0.1) is 0 Å². The molecule has 32 heavy (non-hydrogen) atoms. The van der Waals surface area contributed by atoms with Crippen LogP contribution in [-0.4, -0.2) is 42.0 Å². The maximum atomic E-state index is 13.2. The number of aromatic nitrogens is 1. The SMILES string of the molecule is CN1CCc2nc3ccccc3c(C(=O)OCC(=O)NC3CCCc4ccccc43)c2C1. The number of nitrogens with zero attached hydrogens (tertiary/aromatic N) is 2. The summed E-state index contributed by atoms with van der Waals surface area (Å²) in [5, 5.41) is 3.82. The quantitative estimate of drug-likeness (QED) is 0.642. The summed E-state index contributed by atoms with van der Waals surface area (Å²) in [6, 6.07) is 15.8. The average molecular weight is 430 g/mol. The summed E-state index contributed by atoms with van der Waals surface area (Å²) in [5.74, 6) is -0.737. The number of hydrogen-bond donors (Lipinski definition) is 1. The van der Waals surface area contributed by atoms with Crippen molar-refractivity contribution in [3.8, 4) is 0 Å². The highest BCUT2D eigenvalue weighted by atomic mass is 16.5. The Hall–Kier alpha value is -3.25. The maximum absolute atomic E-state index is 13.2. The van der Waals surface area contributed by atoms with E-state index < -0.39 is 5.97 Å². The maximum Gasteiger partial charge on any atom is 0.339 e. The first-order chi connectivity index (χ1) is 15.6. The van der Waals surface area contributed by atoms with Crippen molar-refractivity contribution in [2.75, 3.05) is 20.2 Å². The summed E-state index contributed by atoms with van der Waals surface area (Å²) in [6.45, 7) is 1.25. The van der Waals surface area contributed by atoms with Crippen molar-refractivity contribution in [1.29, 1.82) is 0 Å². The highest BCUT2D eigenvalue weighted by Gasteiger charge is 2.26. The van der Waals surface area contributed by atoms with Gasteiger partial charge in [0.2, 0.25) is 0 Å². The van der Waals surface area contributed by atoms with Gasteiger partial charge in [0, 0.05) is 36.2 Å². The number of likely N-dealkylation sites (N-methyl/N-ethyl adjacent to an activating group) is 1. The van der Waals surface area contributed by atoms with E-state index >= 15 is 0 Å². The van der Waals surface area contributed by atoms with Gasteiger partial charge in [-0.3, -0.25) is 9.78 Å². The normalized spacial score (nSPS) is 18.0. The standard InChI is InChI=1S/C26H27N3O3/c1-29-14-13-23-20(15-29)25(19-10-4-5-11-22(19)27-23)26(31)32-16-24(30)28-21-12-6-8-17-7-2-3-9-18(17)21/h2-5,7,9-11,21H,6,8,12-16H2,1H3,(H,28,30). The zero-order chi connectivity index (χ0) is 22.1. The molecule has 1 unspecified atom stereocenters. The molecule has 0 fully saturated rings. The first-order valence-electron chi connectivity index (χ1n) is 11.2. The third-order valence-corrected chi connectivity index (χ3v) is 6.48. The van der Waals surface area contributed by atoms with Gasteiger partial charge in [0.15, 0.2) is 6.61 Å². The Bertz CT molecular complexity index is 1190. The highest BCUT2D eigenvalue weighted by molar-refractivity contribution is 6.05. The van der Waals surface area contributed by atoms with E-state index in [9.17, 15) is 9.59 Å². The number of carbonyl (C=O) groups is 2. The van der Waals surface area contributed by atoms with E-state index in [0.717, 1.165) is 60.0 Å². The molecule has 2 aliphatic rings. The lowest BCUT2D eigenvalue weighted by molar-refractivity contribution is -0.125. The van der Waals surface area contributed by atoms with Crippen molar-refractivity contribution >= 4 is 22.8 Å². The van der Waals surface area contributed by atoms with E-state index in [1.165, 1.54) is 5.56 Å². The molecule has 1 atom stereocenters. The van der Waals surface area contributed by atoms with E-state index in [1.54, 1.807) is 0 Å². The smallest absolute Gasteiger partial charge is 0.339 e. The molecule has 6 heteroatoms. The molecule has 5 rings (SSSR count). The molecule has 1 aliphatic carbocycles. The molecular weight excluding hydrogens is 402 g/mol. The monoisotopic (exact) mass is 429 g/mol. The Labute approximate surface area is 187 Å². The summed E-state index contributed by atoms with van der Waals surface area (Å²) >= 11 is 0. The van der Waals surface area contributed by atoms with Crippen LogP contribution in [0.3, 0.4) is 0 Å². The number of fused-ring (bicyclic) bond motifs is 3. The molecule has 1 aliphatic heterocycles. The van der Waals surface area contributed by atoms with Gasteiger partial charge < -0.3 is 15.0 Å². The molecule has 1 amide bonds. The van der Waals surface area contributed by atoms with Crippen LogP contribution in [0.5, 0.6) is 0 Å². The fourth-order valence-electron chi connectivity index (χ4n) is 4.90. The van der Waals surface area contributed by atoms with Crippen LogP contribution in [0.4, 0.5) is 0 Å². The molecule has 6 nitrogen and oxygen atoms in total. The molecular formula is C26H27N3O3. The minimum Gasteiger partial charge on any atom is -0.452 e. The van der Waals surface area contributed by atoms with Crippen LogP contribution in [0.15, 0.2) is 48.5 Å². The van der Waals surface area contributed by atoms with Crippen LogP contribution >= 0.6 is 0 Å². The van der Waals surface area contributed by atoms with Gasteiger partial charge >= 0.3 is 5.97 Å². The fraction of sp³-hybridized carbons (Fsp3) is 0.346. The number of aryl methyl sites for hydroxylation is 1. The molecule has 1 N–H and O–H groups in total. The predicted octanol–water partition coefficient (Wildman–Crippen LogP) is 3.57. The molecule has 0 spiro atoms. The lowest BCUT2D eigenvalue weighted by Gasteiger charge is -2.27. The molecule has 0 radical (unpaired) electrons. The van der Waals surface area contributed by atoms with Crippen molar-refractivity contribution in [3.63, 3.8) is 0 Å². The van der Waals surface area contributed by atoms with E-state index in [1.807, 2.05) is 43.4 Å². The second-order valence-electron chi connectivity index (χ2n) is 8.70. The van der Waals surface area contributed by atoms with E-state index in [2.05, 4.69) is 22.3 Å². The van der Waals surface area contributed by atoms with Crippen molar-refractivity contribution in [3.05, 3.63) is 76.5 Å². The van der Waals surface area contributed by atoms with Crippen molar-refractivity contribution in [2.24, 2.45) is 0 Å². The van der Waals surface area contributed by atoms with Crippen LogP contribution in [0, 0.1) is 0 Å². The molecule has 0 saturated heterocycles. The molecule has 164 valence electrons. The summed E-state index contributed by atoms with van der Waals surface area (Å²) < 4.78 is 5.53. The van der Waals surface area contributed by atoms with E-state index in [0.29, 0.717) is 12.1 Å². The number of pyridine rings is 1. The van der Waals surface area contributed by atoms with Crippen LogP contribution in [0.1, 0.15) is 51.6 Å². The van der Waals surface area contributed by atoms with Gasteiger partial charge in [0.05, 0.1) is 17.1 Å². The summed E-state index contributed by atoms with van der Waals surface area (Å²) in [4.78, 5) is 32.8.